The van der Waals surface area contributed by atoms with Gasteiger partial charge in [-0.1, -0.05) is 19.9 Å². The third-order valence-electron chi connectivity index (χ3n) is 3.72. The van der Waals surface area contributed by atoms with Crippen LogP contribution in [0.5, 0.6) is 5.75 Å². The summed E-state index contributed by atoms with van der Waals surface area (Å²) < 4.78 is 5.44. The minimum atomic E-state index is -0.190. The predicted octanol–water partition coefficient (Wildman–Crippen LogP) is 2.96. The minimum Gasteiger partial charge on any atom is -0.488 e. The van der Waals surface area contributed by atoms with Gasteiger partial charge in [0.25, 0.3) is 5.91 Å². The fourth-order valence-corrected chi connectivity index (χ4v) is 2.13. The quantitative estimate of drug-likeness (QED) is 0.856. The number of H-pyrrole nitrogens is 1. The summed E-state index contributed by atoms with van der Waals surface area (Å²) in [5.74, 6) is 0.480. The SMILES string of the molecule is Cc1ccc(C(=O)NCc2cc(=O)c(OCC(C)C)c[nH]2)cc1C. The highest BCUT2D eigenvalue weighted by atomic mass is 16.5. The van der Waals surface area contributed by atoms with Gasteiger partial charge in [0.1, 0.15) is 0 Å². The fourth-order valence-electron chi connectivity index (χ4n) is 2.13. The van der Waals surface area contributed by atoms with Gasteiger partial charge in [0.15, 0.2) is 5.75 Å². The highest BCUT2D eigenvalue weighted by molar-refractivity contribution is 5.94. The molecule has 0 saturated heterocycles. The Morgan fingerprint density at radius 2 is 1.96 bits per heavy atom. The third-order valence-corrected chi connectivity index (χ3v) is 3.72. The van der Waals surface area contributed by atoms with E-state index in [0.717, 1.165) is 11.1 Å². The number of carbonyl (C=O) groups is 1. The van der Waals surface area contributed by atoms with E-state index in [1.54, 1.807) is 12.3 Å². The topological polar surface area (TPSA) is 71.2 Å². The molecule has 0 aliphatic heterocycles. The molecule has 128 valence electrons. The van der Waals surface area contributed by atoms with Crippen LogP contribution in [0, 0.1) is 19.8 Å². The lowest BCUT2D eigenvalue weighted by atomic mass is 10.1. The van der Waals surface area contributed by atoms with E-state index in [-0.39, 0.29) is 17.9 Å². The number of hydrogen-bond acceptors (Lipinski definition) is 3. The van der Waals surface area contributed by atoms with Crippen molar-refractivity contribution in [2.75, 3.05) is 6.61 Å². The average Bonchev–Trinajstić information content (AvgIpc) is 2.54. The van der Waals surface area contributed by atoms with Crippen LogP contribution in [0.2, 0.25) is 0 Å². The maximum absolute atomic E-state index is 12.2. The fraction of sp³-hybridized carbons (Fsp3) is 0.368. The number of hydrogen-bond donors (Lipinski definition) is 2. The number of pyridine rings is 1. The van der Waals surface area contributed by atoms with Crippen molar-refractivity contribution in [1.29, 1.82) is 0 Å². The summed E-state index contributed by atoms with van der Waals surface area (Å²) in [4.78, 5) is 27.2. The number of aryl methyl sites for hydroxylation is 2. The molecule has 5 heteroatoms. The van der Waals surface area contributed by atoms with E-state index in [0.29, 0.717) is 29.5 Å². The van der Waals surface area contributed by atoms with Gasteiger partial charge < -0.3 is 15.0 Å². The molecule has 1 heterocycles. The van der Waals surface area contributed by atoms with E-state index in [1.165, 1.54) is 6.07 Å². The number of aromatic nitrogens is 1. The van der Waals surface area contributed by atoms with Crippen molar-refractivity contribution >= 4 is 5.91 Å². The summed E-state index contributed by atoms with van der Waals surface area (Å²) in [6.07, 6.45) is 1.54. The van der Waals surface area contributed by atoms with Gasteiger partial charge in [0, 0.05) is 23.5 Å². The number of aromatic amines is 1. The Labute approximate surface area is 142 Å². The third kappa shape index (κ3) is 4.72. The van der Waals surface area contributed by atoms with Crippen molar-refractivity contribution in [3.05, 3.63) is 63.1 Å². The molecule has 2 N–H and O–H groups in total. The largest absolute Gasteiger partial charge is 0.488 e. The van der Waals surface area contributed by atoms with Crippen LogP contribution in [0.25, 0.3) is 0 Å². The first-order chi connectivity index (χ1) is 11.4. The van der Waals surface area contributed by atoms with Crippen molar-refractivity contribution in [3.63, 3.8) is 0 Å². The lowest BCUT2D eigenvalue weighted by Gasteiger charge is -2.10. The second-order valence-electron chi connectivity index (χ2n) is 6.37. The summed E-state index contributed by atoms with van der Waals surface area (Å²) in [5.41, 5.74) is 3.27. The van der Waals surface area contributed by atoms with E-state index in [2.05, 4.69) is 10.3 Å². The van der Waals surface area contributed by atoms with Gasteiger partial charge in [-0.2, -0.15) is 0 Å². The molecule has 5 nitrogen and oxygen atoms in total. The summed E-state index contributed by atoms with van der Waals surface area (Å²) in [6.45, 7) is 8.76. The normalized spacial score (nSPS) is 10.7. The predicted molar refractivity (Wildman–Crippen MR) is 94.5 cm³/mol. The molecule has 2 aromatic rings. The van der Waals surface area contributed by atoms with Crippen LogP contribution < -0.4 is 15.5 Å². The van der Waals surface area contributed by atoms with Gasteiger partial charge >= 0.3 is 0 Å². The van der Waals surface area contributed by atoms with E-state index in [9.17, 15) is 9.59 Å². The molecular weight excluding hydrogens is 304 g/mol. The number of nitrogens with one attached hydrogen (secondary N) is 2. The Morgan fingerprint density at radius 1 is 1.21 bits per heavy atom. The first-order valence-electron chi connectivity index (χ1n) is 8.06. The Bertz CT molecular complexity index is 778. The first kappa shape index (κ1) is 17.8. The molecule has 1 amide bonds. The lowest BCUT2D eigenvalue weighted by Crippen LogP contribution is -2.24. The maximum Gasteiger partial charge on any atom is 0.251 e. The molecule has 0 bridgehead atoms. The molecule has 0 aliphatic carbocycles. The summed E-state index contributed by atoms with van der Waals surface area (Å²) in [5, 5.41) is 2.81. The van der Waals surface area contributed by atoms with Gasteiger partial charge in [0.2, 0.25) is 5.43 Å². The smallest absolute Gasteiger partial charge is 0.251 e. The second-order valence-corrected chi connectivity index (χ2v) is 6.37. The van der Waals surface area contributed by atoms with Gasteiger partial charge in [0.05, 0.1) is 13.2 Å². The number of rotatable bonds is 6. The lowest BCUT2D eigenvalue weighted by molar-refractivity contribution is 0.0950. The van der Waals surface area contributed by atoms with Crippen LogP contribution in [0.15, 0.2) is 35.3 Å². The van der Waals surface area contributed by atoms with Crippen LogP contribution >= 0.6 is 0 Å². The van der Waals surface area contributed by atoms with E-state index >= 15 is 0 Å². The number of ether oxygens (including phenoxy) is 1. The van der Waals surface area contributed by atoms with Gasteiger partial charge in [-0.25, -0.2) is 0 Å². The van der Waals surface area contributed by atoms with E-state index in [4.69, 9.17) is 4.74 Å². The molecule has 0 fully saturated rings. The van der Waals surface area contributed by atoms with E-state index in [1.807, 2.05) is 39.8 Å². The average molecular weight is 328 g/mol. The molecule has 0 saturated carbocycles. The Kier molecular flexibility index (Phi) is 5.79. The summed E-state index contributed by atoms with van der Waals surface area (Å²) in [6, 6.07) is 7.03. The van der Waals surface area contributed by atoms with Crippen molar-refractivity contribution in [3.8, 4) is 5.75 Å². The van der Waals surface area contributed by atoms with Crippen LogP contribution in [0.4, 0.5) is 0 Å². The molecule has 0 unspecified atom stereocenters. The zero-order chi connectivity index (χ0) is 17.7. The van der Waals surface area contributed by atoms with Gasteiger partial charge in [-0.05, 0) is 43.0 Å². The second kappa shape index (κ2) is 7.81. The monoisotopic (exact) mass is 328 g/mol. The molecule has 0 aliphatic rings. The summed E-state index contributed by atoms with van der Waals surface area (Å²) in [7, 11) is 0. The Hall–Kier alpha value is -2.56. The molecule has 2 rings (SSSR count). The van der Waals surface area contributed by atoms with Crippen LogP contribution in [0.1, 0.15) is 41.0 Å². The Balaban J connectivity index is 1.98. The molecule has 1 aromatic carbocycles. The molecule has 0 atom stereocenters. The zero-order valence-electron chi connectivity index (χ0n) is 14.6. The molecular formula is C19H24N2O3. The first-order valence-corrected chi connectivity index (χ1v) is 8.06. The molecule has 0 spiro atoms. The number of benzene rings is 1. The number of amides is 1. The molecule has 1 aromatic heterocycles. The maximum atomic E-state index is 12.2. The van der Waals surface area contributed by atoms with Crippen LogP contribution in [0.3, 0.4) is 0 Å². The van der Waals surface area contributed by atoms with Crippen molar-refractivity contribution in [2.24, 2.45) is 5.92 Å². The van der Waals surface area contributed by atoms with Gasteiger partial charge in [-0.3, -0.25) is 9.59 Å². The minimum absolute atomic E-state index is 0.168. The Morgan fingerprint density at radius 3 is 2.58 bits per heavy atom. The zero-order valence-corrected chi connectivity index (χ0v) is 14.6. The molecule has 0 radical (unpaired) electrons. The molecule has 24 heavy (non-hydrogen) atoms. The van der Waals surface area contributed by atoms with E-state index < -0.39 is 0 Å². The van der Waals surface area contributed by atoms with Crippen molar-refractivity contribution in [1.82, 2.24) is 10.3 Å². The van der Waals surface area contributed by atoms with Crippen LogP contribution in [-0.2, 0) is 6.54 Å². The van der Waals surface area contributed by atoms with Crippen molar-refractivity contribution < 1.29 is 9.53 Å². The van der Waals surface area contributed by atoms with Crippen LogP contribution in [-0.4, -0.2) is 17.5 Å². The highest BCUT2D eigenvalue weighted by Gasteiger charge is 2.08. The van der Waals surface area contributed by atoms with Crippen molar-refractivity contribution in [2.45, 2.75) is 34.2 Å². The highest BCUT2D eigenvalue weighted by Crippen LogP contribution is 2.10. The number of carbonyl (C=O) groups excluding carboxylic acids is 1. The standard InChI is InChI=1S/C19H24N2O3/c1-12(2)11-24-18-10-20-16(8-17(18)22)9-21-19(23)15-6-5-13(3)14(4)7-15/h5-8,10,12H,9,11H2,1-4H3,(H,20,22)(H,21,23). The summed E-state index contributed by atoms with van der Waals surface area (Å²) >= 11 is 0. The van der Waals surface area contributed by atoms with Gasteiger partial charge in [-0.15, -0.1) is 0 Å².